The van der Waals surface area contributed by atoms with E-state index in [1.165, 1.54) is 0 Å². The van der Waals surface area contributed by atoms with Crippen molar-refractivity contribution in [2.75, 3.05) is 13.2 Å². The van der Waals surface area contributed by atoms with Crippen molar-refractivity contribution in [2.24, 2.45) is 0 Å². The highest BCUT2D eigenvalue weighted by molar-refractivity contribution is 5.90. The van der Waals surface area contributed by atoms with Crippen LogP contribution in [-0.4, -0.2) is 120 Å². The van der Waals surface area contributed by atoms with E-state index < -0.39 is 86.0 Å². The SMILES string of the molecule is O=C(O)CC(=O)OC[C@H]1OC([C@]2(O)[CH]O[C@H](CO)[C@@H](O)[C@@H]2O)[C@H](O)[C@@H](O)[C@@H]1O. The second-order valence-corrected chi connectivity index (χ2v) is 6.62. The van der Waals surface area contributed by atoms with E-state index in [9.17, 15) is 40.2 Å². The Balaban J connectivity index is 2.15. The summed E-state index contributed by atoms with van der Waals surface area (Å²) in [5.41, 5.74) is -2.57. The maximum atomic E-state index is 11.3. The summed E-state index contributed by atoms with van der Waals surface area (Å²) in [4.78, 5) is 21.8. The average Bonchev–Trinajstić information content (AvgIpc) is 2.63. The van der Waals surface area contributed by atoms with Crippen LogP contribution in [0.4, 0.5) is 0 Å². The molecule has 2 aliphatic heterocycles. The first-order chi connectivity index (χ1) is 13.0. The van der Waals surface area contributed by atoms with E-state index in [2.05, 4.69) is 4.74 Å². The van der Waals surface area contributed by atoms with Crippen molar-refractivity contribution in [1.29, 1.82) is 0 Å². The van der Waals surface area contributed by atoms with Crippen molar-refractivity contribution < 1.29 is 64.7 Å². The van der Waals surface area contributed by atoms with Crippen LogP contribution in [0.5, 0.6) is 0 Å². The zero-order valence-electron chi connectivity index (χ0n) is 14.4. The molecule has 28 heavy (non-hydrogen) atoms. The molecule has 0 aromatic carbocycles. The quantitative estimate of drug-likeness (QED) is 0.151. The molecular formula is C15H23O13. The molecule has 8 N–H and O–H groups in total. The highest BCUT2D eigenvalue weighted by atomic mass is 16.6. The Hall–Kier alpha value is -1.42. The van der Waals surface area contributed by atoms with Crippen molar-refractivity contribution in [1.82, 2.24) is 0 Å². The van der Waals surface area contributed by atoms with Gasteiger partial charge in [0.25, 0.3) is 0 Å². The first-order valence-corrected chi connectivity index (χ1v) is 8.29. The molecule has 0 spiro atoms. The van der Waals surface area contributed by atoms with Gasteiger partial charge in [0, 0.05) is 0 Å². The maximum Gasteiger partial charge on any atom is 0.317 e. The van der Waals surface area contributed by atoms with E-state index in [0.29, 0.717) is 6.61 Å². The second-order valence-electron chi connectivity index (χ2n) is 6.62. The molecule has 0 aromatic heterocycles. The molecule has 1 radical (unpaired) electrons. The van der Waals surface area contributed by atoms with E-state index in [1.807, 2.05) is 0 Å². The summed E-state index contributed by atoms with van der Waals surface area (Å²) in [6, 6.07) is 0. The first kappa shape index (κ1) is 22.9. The number of aliphatic carboxylic acids is 1. The lowest BCUT2D eigenvalue weighted by atomic mass is 9.78. The molecule has 2 heterocycles. The Labute approximate surface area is 158 Å². The van der Waals surface area contributed by atoms with Gasteiger partial charge in [-0.1, -0.05) is 0 Å². The first-order valence-electron chi connectivity index (χ1n) is 8.29. The van der Waals surface area contributed by atoms with E-state index in [-0.39, 0.29) is 0 Å². The van der Waals surface area contributed by atoms with Crippen LogP contribution in [-0.2, 0) is 23.8 Å². The Bertz CT molecular complexity index is 570. The molecule has 0 aromatic rings. The molecule has 1 unspecified atom stereocenters. The number of carboxylic acid groups (broad SMARTS) is 1. The van der Waals surface area contributed by atoms with Gasteiger partial charge in [0.05, 0.1) is 6.61 Å². The number of esters is 1. The molecular weight excluding hydrogens is 388 g/mol. The fourth-order valence-corrected chi connectivity index (χ4v) is 3.03. The predicted octanol–water partition coefficient (Wildman–Crippen LogP) is -5.14. The molecule has 2 fully saturated rings. The second kappa shape index (κ2) is 8.94. The minimum atomic E-state index is -2.57. The van der Waals surface area contributed by atoms with Gasteiger partial charge >= 0.3 is 11.9 Å². The lowest BCUT2D eigenvalue weighted by Gasteiger charge is -2.51. The van der Waals surface area contributed by atoms with Crippen LogP contribution in [0.3, 0.4) is 0 Å². The minimum absolute atomic E-state index is 0.622. The predicted molar refractivity (Wildman–Crippen MR) is 83.1 cm³/mol. The monoisotopic (exact) mass is 411 g/mol. The fourth-order valence-electron chi connectivity index (χ4n) is 3.03. The van der Waals surface area contributed by atoms with Crippen LogP contribution in [0.25, 0.3) is 0 Å². The van der Waals surface area contributed by atoms with Crippen LogP contribution in [0.2, 0.25) is 0 Å². The molecule has 161 valence electrons. The Kier molecular flexibility index (Phi) is 7.30. The average molecular weight is 411 g/mol. The summed E-state index contributed by atoms with van der Waals surface area (Å²) < 4.78 is 14.9. The normalized spacial score (nSPS) is 44.1. The van der Waals surface area contributed by atoms with Crippen molar-refractivity contribution >= 4 is 11.9 Å². The third-order valence-corrected chi connectivity index (χ3v) is 4.66. The van der Waals surface area contributed by atoms with Gasteiger partial charge in [0.1, 0.15) is 68.5 Å². The Morgan fingerprint density at radius 3 is 2.21 bits per heavy atom. The summed E-state index contributed by atoms with van der Waals surface area (Å²) in [7, 11) is 0. The minimum Gasteiger partial charge on any atom is -0.481 e. The molecule has 0 amide bonds. The third kappa shape index (κ3) is 4.42. The number of hydrogen-bond donors (Lipinski definition) is 8. The van der Waals surface area contributed by atoms with Gasteiger partial charge in [-0.25, -0.2) is 0 Å². The van der Waals surface area contributed by atoms with Crippen LogP contribution >= 0.6 is 0 Å². The summed E-state index contributed by atoms with van der Waals surface area (Å²) in [5.74, 6) is -2.62. The number of aliphatic hydroxyl groups excluding tert-OH is 6. The van der Waals surface area contributed by atoms with Gasteiger partial charge in [-0.3, -0.25) is 9.59 Å². The van der Waals surface area contributed by atoms with Crippen LogP contribution in [0.1, 0.15) is 6.42 Å². The third-order valence-electron chi connectivity index (χ3n) is 4.66. The van der Waals surface area contributed by atoms with Crippen LogP contribution in [0, 0.1) is 6.61 Å². The smallest absolute Gasteiger partial charge is 0.317 e. The molecule has 13 nitrogen and oxygen atoms in total. The molecule has 13 heteroatoms. The van der Waals surface area contributed by atoms with Crippen LogP contribution < -0.4 is 0 Å². The molecule has 0 bridgehead atoms. The van der Waals surface area contributed by atoms with Crippen molar-refractivity contribution in [3.63, 3.8) is 0 Å². The molecule has 0 saturated carbocycles. The number of aliphatic hydroxyl groups is 7. The zero-order valence-corrected chi connectivity index (χ0v) is 14.4. The molecule has 2 aliphatic rings. The van der Waals surface area contributed by atoms with Gasteiger partial charge < -0.3 is 55.1 Å². The van der Waals surface area contributed by atoms with E-state index in [1.54, 1.807) is 0 Å². The lowest BCUT2D eigenvalue weighted by molar-refractivity contribution is -0.309. The van der Waals surface area contributed by atoms with Crippen molar-refractivity contribution in [3.8, 4) is 0 Å². The zero-order chi connectivity index (χ0) is 21.2. The van der Waals surface area contributed by atoms with E-state index in [4.69, 9.17) is 19.7 Å². The molecule has 0 aliphatic carbocycles. The number of carboxylic acids is 1. The van der Waals surface area contributed by atoms with Crippen molar-refractivity contribution in [2.45, 2.75) is 60.9 Å². The van der Waals surface area contributed by atoms with Gasteiger partial charge in [-0.05, 0) is 0 Å². The lowest BCUT2D eigenvalue weighted by Crippen LogP contribution is -2.72. The fraction of sp³-hybridized carbons (Fsp3) is 0.800. The molecule has 9 atom stereocenters. The van der Waals surface area contributed by atoms with Gasteiger partial charge in [-0.2, -0.15) is 0 Å². The highest BCUT2D eigenvalue weighted by Gasteiger charge is 2.60. The Morgan fingerprint density at radius 1 is 1.00 bits per heavy atom. The van der Waals surface area contributed by atoms with Gasteiger partial charge in [0.2, 0.25) is 0 Å². The van der Waals surface area contributed by atoms with Gasteiger partial charge in [-0.15, -0.1) is 0 Å². The number of hydrogen-bond acceptors (Lipinski definition) is 12. The summed E-state index contributed by atoms with van der Waals surface area (Å²) >= 11 is 0. The topological polar surface area (TPSA) is 224 Å². The highest BCUT2D eigenvalue weighted by Crippen LogP contribution is 2.37. The summed E-state index contributed by atoms with van der Waals surface area (Å²) in [5, 5.41) is 78.6. The van der Waals surface area contributed by atoms with Crippen molar-refractivity contribution in [3.05, 3.63) is 6.61 Å². The number of rotatable bonds is 6. The van der Waals surface area contributed by atoms with Crippen LogP contribution in [0.15, 0.2) is 0 Å². The van der Waals surface area contributed by atoms with Gasteiger partial charge in [0.15, 0.2) is 5.60 Å². The largest absolute Gasteiger partial charge is 0.481 e. The van der Waals surface area contributed by atoms with E-state index in [0.717, 1.165) is 0 Å². The molecule has 2 rings (SSSR count). The number of ether oxygens (including phenoxy) is 3. The Morgan fingerprint density at radius 2 is 1.64 bits per heavy atom. The number of carbonyl (C=O) groups is 2. The standard InChI is InChI=1S/C15H23O13/c16-2-5-10(21)13(24)15(25,4-27-5)14-12(23)11(22)9(20)6(28-14)3-26-8(19)1-7(17)18/h4-6,9-14,16,20-25H,1-3H2,(H,17,18)/t5-,6-,9-,10-,11+,12-,13+,14?,15+/m1/s1. The molecule has 2 saturated heterocycles. The van der Waals surface area contributed by atoms with E-state index >= 15 is 0 Å². The summed E-state index contributed by atoms with van der Waals surface area (Å²) in [6.45, 7) is -0.804. The summed E-state index contributed by atoms with van der Waals surface area (Å²) in [6.07, 6.45) is -15.1. The number of carbonyl (C=O) groups excluding carboxylic acids is 1. The maximum absolute atomic E-state index is 11.3.